The topological polar surface area (TPSA) is 69.8 Å². The quantitative estimate of drug-likeness (QED) is 0.796. The number of rotatable bonds is 3. The van der Waals surface area contributed by atoms with E-state index in [4.69, 9.17) is 0 Å². The van der Waals surface area contributed by atoms with E-state index in [0.717, 1.165) is 28.7 Å². The van der Waals surface area contributed by atoms with E-state index in [1.54, 1.807) is 24.2 Å². The van der Waals surface area contributed by atoms with Gasteiger partial charge in [-0.1, -0.05) is 0 Å². The fourth-order valence-electron chi connectivity index (χ4n) is 1.93. The Morgan fingerprint density at radius 2 is 2.21 bits per heavy atom. The lowest BCUT2D eigenvalue weighted by Gasteiger charge is -2.10. The van der Waals surface area contributed by atoms with Crippen molar-refractivity contribution in [3.63, 3.8) is 0 Å². The lowest BCUT2D eigenvalue weighted by Crippen LogP contribution is -2.37. The van der Waals surface area contributed by atoms with Gasteiger partial charge in [0.1, 0.15) is 5.82 Å². The summed E-state index contributed by atoms with van der Waals surface area (Å²) in [5.41, 5.74) is 1.80. The lowest BCUT2D eigenvalue weighted by molar-refractivity contribution is -0.117. The number of hydrogen-bond acceptors (Lipinski definition) is 4. The summed E-state index contributed by atoms with van der Waals surface area (Å²) in [5.74, 6) is 2.52. The van der Waals surface area contributed by atoms with Gasteiger partial charge in [0.15, 0.2) is 0 Å². The molecule has 0 bridgehead atoms. The summed E-state index contributed by atoms with van der Waals surface area (Å²) in [6, 6.07) is 7.56. The Kier molecular flexibility index (Phi) is 3.52. The molecular formula is C13H14N4OS. The summed E-state index contributed by atoms with van der Waals surface area (Å²) >= 11 is 1.74. The van der Waals surface area contributed by atoms with Crippen LogP contribution in [0.2, 0.25) is 0 Å². The molecule has 1 aliphatic rings. The Balaban J connectivity index is 1.67. The fourth-order valence-corrected chi connectivity index (χ4v) is 2.87. The van der Waals surface area contributed by atoms with Crippen LogP contribution in [0.15, 0.2) is 36.7 Å². The van der Waals surface area contributed by atoms with Crippen LogP contribution in [-0.4, -0.2) is 33.5 Å². The summed E-state index contributed by atoms with van der Waals surface area (Å²) in [7, 11) is 0. The summed E-state index contributed by atoms with van der Waals surface area (Å²) in [6.45, 7) is 0. The van der Waals surface area contributed by atoms with Crippen molar-refractivity contribution in [3.8, 4) is 11.4 Å². The molecule has 1 unspecified atom stereocenters. The number of nitrogens with one attached hydrogen (secondary N) is 3. The minimum Gasteiger partial charge on any atom is -0.345 e. The number of amides is 1. The van der Waals surface area contributed by atoms with Gasteiger partial charge in [-0.3, -0.25) is 10.1 Å². The zero-order valence-electron chi connectivity index (χ0n) is 10.2. The molecular weight excluding hydrogens is 260 g/mol. The van der Waals surface area contributed by atoms with Crippen molar-refractivity contribution in [2.45, 2.75) is 6.04 Å². The molecule has 3 N–H and O–H groups in total. The largest absolute Gasteiger partial charge is 0.345 e. The Hall–Kier alpha value is -1.79. The Labute approximate surface area is 115 Å². The van der Waals surface area contributed by atoms with Crippen LogP contribution in [0.4, 0.5) is 5.69 Å². The number of benzene rings is 1. The van der Waals surface area contributed by atoms with Crippen LogP contribution < -0.4 is 10.6 Å². The average molecular weight is 274 g/mol. The molecule has 0 saturated carbocycles. The first-order valence-corrected chi connectivity index (χ1v) is 7.20. The third-order valence-electron chi connectivity index (χ3n) is 2.96. The molecule has 5 nitrogen and oxygen atoms in total. The predicted octanol–water partition coefficient (Wildman–Crippen LogP) is 1.68. The Morgan fingerprint density at radius 1 is 1.37 bits per heavy atom. The number of thioether (sulfide) groups is 1. The van der Waals surface area contributed by atoms with Crippen molar-refractivity contribution in [2.24, 2.45) is 0 Å². The van der Waals surface area contributed by atoms with Gasteiger partial charge >= 0.3 is 0 Å². The molecule has 2 aromatic rings. The van der Waals surface area contributed by atoms with Crippen molar-refractivity contribution >= 4 is 23.4 Å². The summed E-state index contributed by atoms with van der Waals surface area (Å²) in [5, 5.41) is 6.06. The van der Waals surface area contributed by atoms with Crippen molar-refractivity contribution in [1.82, 2.24) is 15.3 Å². The highest BCUT2D eigenvalue weighted by atomic mass is 32.2. The molecule has 19 heavy (non-hydrogen) atoms. The first kappa shape index (κ1) is 12.3. The molecule has 3 rings (SSSR count). The van der Waals surface area contributed by atoms with Gasteiger partial charge in [0.2, 0.25) is 5.91 Å². The van der Waals surface area contributed by atoms with Crippen LogP contribution in [0.5, 0.6) is 0 Å². The van der Waals surface area contributed by atoms with E-state index in [1.807, 2.05) is 24.3 Å². The van der Waals surface area contributed by atoms with Gasteiger partial charge < -0.3 is 10.3 Å². The minimum atomic E-state index is -0.0882. The molecule has 6 heteroatoms. The van der Waals surface area contributed by atoms with Gasteiger partial charge in [-0.25, -0.2) is 4.98 Å². The number of carbonyl (C=O) groups is 1. The van der Waals surface area contributed by atoms with Gasteiger partial charge in [0, 0.05) is 35.3 Å². The second-order valence-electron chi connectivity index (χ2n) is 4.28. The molecule has 2 heterocycles. The van der Waals surface area contributed by atoms with E-state index in [0.29, 0.717) is 0 Å². The number of nitrogens with zero attached hydrogens (tertiary/aromatic N) is 1. The number of H-pyrrole nitrogens is 1. The lowest BCUT2D eigenvalue weighted by atomic mass is 10.2. The number of anilines is 1. The molecule has 1 aromatic carbocycles. The molecule has 1 fully saturated rings. The zero-order chi connectivity index (χ0) is 13.1. The summed E-state index contributed by atoms with van der Waals surface area (Å²) in [4.78, 5) is 19.2. The van der Waals surface area contributed by atoms with E-state index >= 15 is 0 Å². The molecule has 98 valence electrons. The maximum absolute atomic E-state index is 11.9. The van der Waals surface area contributed by atoms with Crippen LogP contribution >= 0.6 is 11.8 Å². The number of aromatic nitrogens is 2. The van der Waals surface area contributed by atoms with Crippen LogP contribution in [0, 0.1) is 0 Å². The van der Waals surface area contributed by atoms with Crippen LogP contribution in [-0.2, 0) is 4.79 Å². The predicted molar refractivity (Wildman–Crippen MR) is 76.9 cm³/mol. The highest BCUT2D eigenvalue weighted by Crippen LogP contribution is 2.18. The normalized spacial score (nSPS) is 18.4. The highest BCUT2D eigenvalue weighted by Gasteiger charge is 2.22. The summed E-state index contributed by atoms with van der Waals surface area (Å²) in [6.07, 6.45) is 3.50. The van der Waals surface area contributed by atoms with Crippen LogP contribution in [0.25, 0.3) is 11.4 Å². The average Bonchev–Trinajstić information content (AvgIpc) is 3.13. The van der Waals surface area contributed by atoms with Gasteiger partial charge in [0.25, 0.3) is 0 Å². The number of carbonyl (C=O) groups excluding carboxylic acids is 1. The first-order valence-electron chi connectivity index (χ1n) is 6.05. The molecule has 1 amide bonds. The van der Waals surface area contributed by atoms with Crippen molar-refractivity contribution < 1.29 is 4.79 Å². The maximum atomic E-state index is 11.9. The molecule has 0 radical (unpaired) electrons. The van der Waals surface area contributed by atoms with Crippen LogP contribution in [0.3, 0.4) is 0 Å². The highest BCUT2D eigenvalue weighted by molar-refractivity contribution is 7.99. The smallest absolute Gasteiger partial charge is 0.242 e. The third-order valence-corrected chi connectivity index (χ3v) is 3.90. The Bertz CT molecular complexity index is 547. The maximum Gasteiger partial charge on any atom is 0.242 e. The second kappa shape index (κ2) is 5.46. The molecule has 0 aliphatic carbocycles. The Morgan fingerprint density at radius 3 is 2.84 bits per heavy atom. The van der Waals surface area contributed by atoms with E-state index < -0.39 is 0 Å². The van der Waals surface area contributed by atoms with Gasteiger partial charge in [-0.2, -0.15) is 0 Å². The standard InChI is InChI=1S/C13H14N4OS/c18-13(11-7-19-8-16-11)17-10-3-1-9(2-4-10)12-14-5-6-15-12/h1-6,11,16H,7-8H2,(H,14,15)(H,17,18). The van der Waals surface area contributed by atoms with E-state index in [2.05, 4.69) is 20.6 Å². The van der Waals surface area contributed by atoms with E-state index in [1.165, 1.54) is 0 Å². The SMILES string of the molecule is O=C(Nc1ccc(-c2ncc[nH]2)cc1)C1CSCN1. The first-order chi connectivity index (χ1) is 9.33. The fraction of sp³-hybridized carbons (Fsp3) is 0.231. The number of imidazole rings is 1. The zero-order valence-corrected chi connectivity index (χ0v) is 11.0. The van der Waals surface area contributed by atoms with E-state index in [-0.39, 0.29) is 11.9 Å². The van der Waals surface area contributed by atoms with E-state index in [9.17, 15) is 4.79 Å². The second-order valence-corrected chi connectivity index (χ2v) is 5.31. The molecule has 0 spiro atoms. The molecule has 1 saturated heterocycles. The van der Waals surface area contributed by atoms with Crippen molar-refractivity contribution in [3.05, 3.63) is 36.7 Å². The van der Waals surface area contributed by atoms with Crippen molar-refractivity contribution in [2.75, 3.05) is 16.9 Å². The summed E-state index contributed by atoms with van der Waals surface area (Å²) < 4.78 is 0. The number of aromatic amines is 1. The monoisotopic (exact) mass is 274 g/mol. The molecule has 1 aliphatic heterocycles. The van der Waals surface area contributed by atoms with Gasteiger partial charge in [-0.05, 0) is 24.3 Å². The van der Waals surface area contributed by atoms with Crippen molar-refractivity contribution in [1.29, 1.82) is 0 Å². The minimum absolute atomic E-state index is 0.0238. The third kappa shape index (κ3) is 2.80. The van der Waals surface area contributed by atoms with Crippen LogP contribution in [0.1, 0.15) is 0 Å². The number of hydrogen-bond donors (Lipinski definition) is 3. The molecule has 1 aromatic heterocycles. The van der Waals surface area contributed by atoms with Gasteiger partial charge in [0.05, 0.1) is 6.04 Å². The molecule has 1 atom stereocenters. The van der Waals surface area contributed by atoms with Gasteiger partial charge in [-0.15, -0.1) is 11.8 Å².